The minimum Gasteiger partial charge on any atom is -0.384 e. The molecule has 0 amide bonds. The molecule has 1 aliphatic carbocycles. The number of rotatable bonds is 5. The zero-order valence-corrected chi connectivity index (χ0v) is 24.5. The van der Waals surface area contributed by atoms with Crippen molar-refractivity contribution in [2.45, 2.75) is 49.7 Å². The van der Waals surface area contributed by atoms with Gasteiger partial charge >= 0.3 is 0 Å². The van der Waals surface area contributed by atoms with Crippen molar-refractivity contribution < 1.29 is 4.79 Å². The van der Waals surface area contributed by atoms with Gasteiger partial charge in [-0.25, -0.2) is 4.98 Å². The minimum absolute atomic E-state index is 0.0223. The summed E-state index contributed by atoms with van der Waals surface area (Å²) in [5, 5.41) is 11.9. The van der Waals surface area contributed by atoms with Gasteiger partial charge in [0.25, 0.3) is 0 Å². The number of hydrogen-bond donors (Lipinski definition) is 1. The molecule has 9 heteroatoms. The molecule has 39 heavy (non-hydrogen) atoms. The molecule has 5 rings (SSSR count). The highest BCUT2D eigenvalue weighted by Crippen LogP contribution is 2.48. The van der Waals surface area contributed by atoms with Crippen molar-refractivity contribution in [2.24, 2.45) is 5.73 Å². The highest BCUT2D eigenvalue weighted by atomic mass is 35.5. The molecule has 0 radical (unpaired) electrons. The summed E-state index contributed by atoms with van der Waals surface area (Å²) < 4.78 is 0. The number of benzene rings is 2. The second kappa shape index (κ2) is 11.3. The Bertz CT molecular complexity index is 1610. The summed E-state index contributed by atoms with van der Waals surface area (Å²) in [6.45, 7) is 4.05. The quantitative estimate of drug-likeness (QED) is 0.236. The maximum Gasteiger partial charge on any atom is 0.161 e. The van der Waals surface area contributed by atoms with E-state index < -0.39 is 5.92 Å². The van der Waals surface area contributed by atoms with Gasteiger partial charge < -0.3 is 5.73 Å². The molecule has 2 aliphatic rings. The molecule has 0 fully saturated rings. The van der Waals surface area contributed by atoms with Crippen LogP contribution in [0.3, 0.4) is 0 Å². The minimum atomic E-state index is -0.567. The number of carbonyl (C=O) groups is 1. The largest absolute Gasteiger partial charge is 0.384 e. The van der Waals surface area contributed by atoms with E-state index >= 15 is 0 Å². The number of thioether (sulfide) groups is 1. The van der Waals surface area contributed by atoms with Gasteiger partial charge in [-0.05, 0) is 73.7 Å². The first-order valence-electron chi connectivity index (χ1n) is 12.5. The highest BCUT2D eigenvalue weighted by molar-refractivity contribution is 7.98. The molecular formula is C30H25Cl3N4OS. The molecule has 198 valence electrons. The summed E-state index contributed by atoms with van der Waals surface area (Å²) in [5.41, 5.74) is 13.0. The third-order valence-corrected chi connectivity index (χ3v) is 9.25. The van der Waals surface area contributed by atoms with Crippen LogP contribution in [0.5, 0.6) is 0 Å². The lowest BCUT2D eigenvalue weighted by atomic mass is 9.73. The lowest BCUT2D eigenvalue weighted by Gasteiger charge is -2.40. The lowest BCUT2D eigenvalue weighted by molar-refractivity contribution is -0.116. The van der Waals surface area contributed by atoms with E-state index in [-0.39, 0.29) is 16.8 Å². The van der Waals surface area contributed by atoms with Crippen molar-refractivity contribution in [3.63, 3.8) is 0 Å². The van der Waals surface area contributed by atoms with Gasteiger partial charge in [0.1, 0.15) is 5.82 Å². The van der Waals surface area contributed by atoms with Crippen LogP contribution in [0.4, 0.5) is 5.69 Å². The zero-order valence-electron chi connectivity index (χ0n) is 21.4. The second-order valence-corrected chi connectivity index (χ2v) is 11.9. The Balaban J connectivity index is 1.65. The van der Waals surface area contributed by atoms with Crippen LogP contribution < -0.4 is 10.6 Å². The third kappa shape index (κ3) is 5.17. The van der Waals surface area contributed by atoms with E-state index in [0.717, 1.165) is 32.8 Å². The average molecular weight is 596 g/mol. The molecule has 0 saturated carbocycles. The van der Waals surface area contributed by atoms with Gasteiger partial charge in [0.15, 0.2) is 10.9 Å². The van der Waals surface area contributed by atoms with Gasteiger partial charge in [-0.15, -0.1) is 11.8 Å². The van der Waals surface area contributed by atoms with Gasteiger partial charge in [0.05, 0.1) is 28.3 Å². The number of Topliss-reactive ketones (excluding diaryl/α,β-unsaturated/α-hetero) is 1. The molecule has 1 aliphatic heterocycles. The van der Waals surface area contributed by atoms with Crippen molar-refractivity contribution in [2.75, 3.05) is 4.90 Å². The molecule has 0 bridgehead atoms. The van der Waals surface area contributed by atoms with Gasteiger partial charge in [0.2, 0.25) is 0 Å². The van der Waals surface area contributed by atoms with Crippen molar-refractivity contribution in [1.29, 1.82) is 5.26 Å². The predicted octanol–water partition coefficient (Wildman–Crippen LogP) is 8.26. The van der Waals surface area contributed by atoms with E-state index in [9.17, 15) is 10.1 Å². The first kappa shape index (κ1) is 27.6. The fourth-order valence-corrected chi connectivity index (χ4v) is 7.12. The number of halogens is 3. The summed E-state index contributed by atoms with van der Waals surface area (Å²) in [6, 6.07) is 15.5. The van der Waals surface area contributed by atoms with Crippen molar-refractivity contribution in [3.8, 4) is 6.07 Å². The van der Waals surface area contributed by atoms with Crippen molar-refractivity contribution in [1.82, 2.24) is 4.98 Å². The smallest absolute Gasteiger partial charge is 0.161 e. The van der Waals surface area contributed by atoms with Crippen LogP contribution in [0.2, 0.25) is 15.2 Å². The molecule has 0 spiro atoms. The van der Waals surface area contributed by atoms with E-state index in [2.05, 4.69) is 23.2 Å². The molecule has 2 aromatic carbocycles. The summed E-state index contributed by atoms with van der Waals surface area (Å²) >= 11 is 20.7. The SMILES string of the molecule is Cc1cc(CSc2cc(Cl)ccc2Cl)c(C)c(C2C(C#N)=C(N)N(c3cccnc3Cl)C3=C2C(=O)CCC3)c1. The number of nitriles is 1. The van der Waals surface area contributed by atoms with E-state index in [1.54, 1.807) is 47.1 Å². The Morgan fingerprint density at radius 2 is 1.95 bits per heavy atom. The van der Waals surface area contributed by atoms with Crippen molar-refractivity contribution in [3.05, 3.63) is 109 Å². The monoisotopic (exact) mass is 594 g/mol. The third-order valence-electron chi connectivity index (χ3n) is 7.18. The van der Waals surface area contributed by atoms with E-state index in [1.807, 2.05) is 19.9 Å². The number of allylic oxidation sites excluding steroid dienone is 3. The van der Waals surface area contributed by atoms with Crippen LogP contribution in [0.15, 0.2) is 76.2 Å². The zero-order chi connectivity index (χ0) is 27.8. The number of hydrogen-bond acceptors (Lipinski definition) is 6. The van der Waals surface area contributed by atoms with Crippen LogP contribution in [0.25, 0.3) is 0 Å². The second-order valence-electron chi connectivity index (χ2n) is 9.63. The van der Waals surface area contributed by atoms with Gasteiger partial charge in [-0.1, -0.05) is 52.5 Å². The van der Waals surface area contributed by atoms with Gasteiger partial charge in [-0.2, -0.15) is 5.26 Å². The maximum absolute atomic E-state index is 13.6. The van der Waals surface area contributed by atoms with Crippen LogP contribution in [-0.4, -0.2) is 10.8 Å². The number of nitrogens with zero attached hydrogens (tertiary/aromatic N) is 3. The lowest BCUT2D eigenvalue weighted by Crippen LogP contribution is -2.39. The fourth-order valence-electron chi connectivity index (χ4n) is 5.37. The Hall–Kier alpha value is -2.95. The average Bonchev–Trinajstić information content (AvgIpc) is 2.91. The first-order chi connectivity index (χ1) is 18.7. The summed E-state index contributed by atoms with van der Waals surface area (Å²) in [6.07, 6.45) is 3.35. The number of anilines is 1. The first-order valence-corrected chi connectivity index (χ1v) is 14.6. The van der Waals surface area contributed by atoms with Gasteiger partial charge in [0, 0.05) is 39.6 Å². The molecule has 0 saturated heterocycles. The number of aryl methyl sites for hydroxylation is 1. The van der Waals surface area contributed by atoms with Crippen molar-refractivity contribution >= 4 is 58.0 Å². The van der Waals surface area contributed by atoms with Crippen LogP contribution in [0, 0.1) is 25.2 Å². The fraction of sp³-hybridized carbons (Fsp3) is 0.233. The topological polar surface area (TPSA) is 83.0 Å². The molecule has 3 aromatic rings. The summed E-state index contributed by atoms with van der Waals surface area (Å²) in [5.74, 6) is 0.372. The Morgan fingerprint density at radius 1 is 1.15 bits per heavy atom. The van der Waals surface area contributed by atoms with Crippen LogP contribution >= 0.6 is 46.6 Å². The Kier molecular flexibility index (Phi) is 7.98. The normalized spacial score (nSPS) is 17.4. The number of carbonyl (C=O) groups excluding carboxylic acids is 1. The number of pyridine rings is 1. The van der Waals surface area contributed by atoms with E-state index in [4.69, 9.17) is 40.5 Å². The Labute approximate surface area is 247 Å². The van der Waals surface area contributed by atoms with Crippen LogP contribution in [0.1, 0.15) is 47.4 Å². The van der Waals surface area contributed by atoms with E-state index in [1.165, 1.54) is 0 Å². The molecule has 1 aromatic heterocycles. The summed E-state index contributed by atoms with van der Waals surface area (Å²) in [7, 11) is 0. The number of nitrogens with two attached hydrogens (primary N) is 1. The molecule has 2 heterocycles. The molecule has 2 N–H and O–H groups in total. The van der Waals surface area contributed by atoms with E-state index in [0.29, 0.717) is 51.9 Å². The standard InChI is InChI=1S/C30H25Cl3N4OS/c1-16-11-18(15-39-26-13-19(31)8-9-22(26)32)17(2)20(12-16)27-21(14-34)30(35)37(24-6-4-10-36-29(24)33)23-5-3-7-25(38)28(23)27/h4,6,8-13,27H,3,5,7,15,35H2,1-2H3. The number of ketones is 1. The Morgan fingerprint density at radius 3 is 2.69 bits per heavy atom. The molecule has 5 nitrogen and oxygen atoms in total. The van der Waals surface area contributed by atoms with Gasteiger partial charge in [-0.3, -0.25) is 9.69 Å². The molecular weight excluding hydrogens is 571 g/mol. The molecule has 1 unspecified atom stereocenters. The number of aromatic nitrogens is 1. The highest BCUT2D eigenvalue weighted by Gasteiger charge is 2.41. The summed E-state index contributed by atoms with van der Waals surface area (Å²) in [4.78, 5) is 20.4. The van der Waals surface area contributed by atoms with Crippen LogP contribution in [-0.2, 0) is 10.5 Å². The maximum atomic E-state index is 13.6. The predicted molar refractivity (Wildman–Crippen MR) is 159 cm³/mol. The molecule has 1 atom stereocenters.